The minimum Gasteiger partial charge on any atom is -0.482 e. The number of rotatable bonds is 6. The van der Waals surface area contributed by atoms with E-state index in [0.717, 1.165) is 12.0 Å². The lowest BCUT2D eigenvalue weighted by Crippen LogP contribution is -2.27. The molecule has 0 fully saturated rings. The predicted octanol–water partition coefficient (Wildman–Crippen LogP) is 3.08. The van der Waals surface area contributed by atoms with Gasteiger partial charge in [-0.2, -0.15) is 0 Å². The van der Waals surface area contributed by atoms with E-state index in [4.69, 9.17) is 4.74 Å². The van der Waals surface area contributed by atoms with Gasteiger partial charge in [-0.3, -0.25) is 9.59 Å². The molecule has 0 saturated carbocycles. The van der Waals surface area contributed by atoms with Crippen LogP contribution >= 0.6 is 0 Å². The molecule has 0 saturated heterocycles. The molecule has 2 aromatic carbocycles. The van der Waals surface area contributed by atoms with Crippen molar-refractivity contribution in [3.8, 4) is 5.75 Å². The Morgan fingerprint density at radius 1 is 1.28 bits per heavy atom. The number of benzene rings is 2. The van der Waals surface area contributed by atoms with Crippen LogP contribution in [-0.4, -0.2) is 32.1 Å². The van der Waals surface area contributed by atoms with Gasteiger partial charge in [-0.1, -0.05) is 25.1 Å². The van der Waals surface area contributed by atoms with Crippen molar-refractivity contribution in [2.24, 2.45) is 0 Å². The second kappa shape index (κ2) is 8.24. The molecule has 1 heterocycles. The molecule has 0 aliphatic carbocycles. The van der Waals surface area contributed by atoms with E-state index < -0.39 is 15.1 Å². The molecule has 0 unspecified atom stereocenters. The summed E-state index contributed by atoms with van der Waals surface area (Å²) >= 11 is 0. The van der Waals surface area contributed by atoms with Crippen molar-refractivity contribution in [2.75, 3.05) is 17.2 Å². The Labute approximate surface area is 170 Å². The fourth-order valence-electron chi connectivity index (χ4n) is 3.26. The fourth-order valence-corrected chi connectivity index (χ4v) is 4.85. The minimum absolute atomic E-state index is 0.0988. The number of ether oxygens (including phenoxy) is 1. The highest BCUT2D eigenvalue weighted by atomic mass is 32.2. The van der Waals surface area contributed by atoms with Gasteiger partial charge in [-0.25, -0.2) is 8.42 Å². The second-order valence-corrected chi connectivity index (χ2v) is 9.40. The maximum absolute atomic E-state index is 13.1. The minimum atomic E-state index is -3.77. The van der Waals surface area contributed by atoms with Crippen LogP contribution in [0.4, 0.5) is 11.4 Å². The molecular formula is C21H24N2O5S. The molecule has 7 nitrogen and oxygen atoms in total. The lowest BCUT2D eigenvalue weighted by molar-refractivity contribution is -0.118. The topological polar surface area (TPSA) is 102 Å². The van der Waals surface area contributed by atoms with E-state index >= 15 is 0 Å². The van der Waals surface area contributed by atoms with Crippen LogP contribution in [0.2, 0.25) is 0 Å². The summed E-state index contributed by atoms with van der Waals surface area (Å²) in [6, 6.07) is 10.4. The number of carbonyl (C=O) groups excluding carboxylic acids is 2. The van der Waals surface area contributed by atoms with Crippen LogP contribution in [-0.2, 0) is 25.8 Å². The van der Waals surface area contributed by atoms with Gasteiger partial charge in [0.1, 0.15) is 5.75 Å². The summed E-state index contributed by atoms with van der Waals surface area (Å²) in [5.41, 5.74) is 2.61. The highest BCUT2D eigenvalue weighted by Gasteiger charge is 2.29. The maximum Gasteiger partial charge on any atom is 0.262 e. The molecular weight excluding hydrogens is 392 g/mol. The summed E-state index contributed by atoms with van der Waals surface area (Å²) in [7, 11) is -3.77. The standard InChI is InChI=1S/C21H24N2O5S/c1-4-15-7-5-6-8-16(15)22-20(24)10-14(3)29(26,27)19-11-18-17(9-13(19)2)23-21(25)12-28-18/h5-9,11,14H,4,10,12H2,1-3H3,(H,22,24)(H,23,25)/t14-/m1/s1. The van der Waals surface area contributed by atoms with Gasteiger partial charge >= 0.3 is 0 Å². The summed E-state index contributed by atoms with van der Waals surface area (Å²) in [5.74, 6) is -0.340. The Morgan fingerprint density at radius 3 is 2.72 bits per heavy atom. The fraction of sp³-hybridized carbons (Fsp3) is 0.333. The SMILES string of the molecule is CCc1ccccc1NC(=O)C[C@@H](C)S(=O)(=O)c1cc2c(cc1C)NC(=O)CO2. The van der Waals surface area contributed by atoms with E-state index in [9.17, 15) is 18.0 Å². The average molecular weight is 416 g/mol. The summed E-state index contributed by atoms with van der Waals surface area (Å²) in [4.78, 5) is 24.0. The molecule has 8 heteroatoms. The zero-order chi connectivity index (χ0) is 21.2. The Bertz CT molecular complexity index is 1060. The lowest BCUT2D eigenvalue weighted by Gasteiger charge is -2.21. The van der Waals surface area contributed by atoms with E-state index in [1.54, 1.807) is 19.1 Å². The van der Waals surface area contributed by atoms with Crippen molar-refractivity contribution >= 4 is 33.0 Å². The van der Waals surface area contributed by atoms with Gasteiger partial charge in [-0.05, 0) is 43.5 Å². The van der Waals surface area contributed by atoms with Gasteiger partial charge in [0.25, 0.3) is 5.91 Å². The Kier molecular flexibility index (Phi) is 5.93. The smallest absolute Gasteiger partial charge is 0.262 e. The molecule has 2 N–H and O–H groups in total. The first-order valence-corrected chi connectivity index (χ1v) is 11.0. The molecule has 154 valence electrons. The van der Waals surface area contributed by atoms with Crippen LogP contribution in [0, 0.1) is 6.92 Å². The van der Waals surface area contributed by atoms with Crippen LogP contribution in [0.5, 0.6) is 5.75 Å². The van der Waals surface area contributed by atoms with Crippen molar-refractivity contribution < 1.29 is 22.7 Å². The number of carbonyl (C=O) groups is 2. The van der Waals surface area contributed by atoms with Crippen molar-refractivity contribution in [1.82, 2.24) is 0 Å². The van der Waals surface area contributed by atoms with Gasteiger partial charge in [0, 0.05) is 18.2 Å². The number of nitrogens with one attached hydrogen (secondary N) is 2. The summed E-state index contributed by atoms with van der Waals surface area (Å²) in [6.45, 7) is 4.99. The molecule has 2 amide bonds. The number of anilines is 2. The Hall–Kier alpha value is -2.87. The maximum atomic E-state index is 13.1. The van der Waals surface area contributed by atoms with Gasteiger partial charge < -0.3 is 15.4 Å². The largest absolute Gasteiger partial charge is 0.482 e. The van der Waals surface area contributed by atoms with Crippen LogP contribution in [0.3, 0.4) is 0 Å². The first-order chi connectivity index (χ1) is 13.7. The number of hydrogen-bond acceptors (Lipinski definition) is 5. The summed E-state index contributed by atoms with van der Waals surface area (Å²) in [5, 5.41) is 4.54. The monoisotopic (exact) mass is 416 g/mol. The van der Waals surface area contributed by atoms with Crippen molar-refractivity contribution in [1.29, 1.82) is 0 Å². The molecule has 29 heavy (non-hydrogen) atoms. The number of sulfone groups is 1. The van der Waals surface area contributed by atoms with E-state index in [1.165, 1.54) is 13.0 Å². The highest BCUT2D eigenvalue weighted by molar-refractivity contribution is 7.92. The molecule has 0 bridgehead atoms. The number of aryl methyl sites for hydroxylation is 2. The number of para-hydroxylation sites is 1. The zero-order valence-corrected chi connectivity index (χ0v) is 17.4. The number of hydrogen-bond donors (Lipinski definition) is 2. The molecule has 2 aromatic rings. The zero-order valence-electron chi connectivity index (χ0n) is 16.6. The predicted molar refractivity (Wildman–Crippen MR) is 111 cm³/mol. The number of amides is 2. The molecule has 0 aromatic heterocycles. The molecule has 1 aliphatic rings. The lowest BCUT2D eigenvalue weighted by atomic mass is 10.1. The molecule has 1 atom stereocenters. The molecule has 3 rings (SSSR count). The molecule has 0 spiro atoms. The van der Waals surface area contributed by atoms with Crippen LogP contribution in [0.1, 0.15) is 31.4 Å². The van der Waals surface area contributed by atoms with E-state index in [0.29, 0.717) is 22.7 Å². The Balaban J connectivity index is 1.79. The quantitative estimate of drug-likeness (QED) is 0.754. The van der Waals surface area contributed by atoms with Gasteiger partial charge in [-0.15, -0.1) is 0 Å². The third-order valence-corrected chi connectivity index (χ3v) is 7.17. The second-order valence-electron chi connectivity index (χ2n) is 7.07. The third kappa shape index (κ3) is 4.42. The Morgan fingerprint density at radius 2 is 2.00 bits per heavy atom. The first kappa shape index (κ1) is 20.9. The highest BCUT2D eigenvalue weighted by Crippen LogP contribution is 2.34. The van der Waals surface area contributed by atoms with Crippen molar-refractivity contribution in [2.45, 2.75) is 43.8 Å². The normalized spacial score (nSPS) is 14.4. The summed E-state index contributed by atoms with van der Waals surface area (Å²) < 4.78 is 31.5. The van der Waals surface area contributed by atoms with Gasteiger partial charge in [0.05, 0.1) is 15.8 Å². The first-order valence-electron chi connectivity index (χ1n) is 9.41. The van der Waals surface area contributed by atoms with Crippen LogP contribution in [0.15, 0.2) is 41.3 Å². The van der Waals surface area contributed by atoms with E-state index in [2.05, 4.69) is 10.6 Å². The molecule has 1 aliphatic heterocycles. The third-order valence-electron chi connectivity index (χ3n) is 4.89. The van der Waals surface area contributed by atoms with Gasteiger partial charge in [0.15, 0.2) is 16.4 Å². The van der Waals surface area contributed by atoms with Crippen molar-refractivity contribution in [3.63, 3.8) is 0 Å². The number of fused-ring (bicyclic) bond motifs is 1. The van der Waals surface area contributed by atoms with Gasteiger partial charge in [0.2, 0.25) is 5.91 Å². The summed E-state index contributed by atoms with van der Waals surface area (Å²) in [6.07, 6.45) is 0.587. The van der Waals surface area contributed by atoms with Crippen molar-refractivity contribution in [3.05, 3.63) is 47.5 Å². The van der Waals surface area contributed by atoms with E-state index in [1.807, 2.05) is 25.1 Å². The van der Waals surface area contributed by atoms with Crippen LogP contribution < -0.4 is 15.4 Å². The van der Waals surface area contributed by atoms with E-state index in [-0.39, 0.29) is 29.7 Å². The average Bonchev–Trinajstić information content (AvgIpc) is 2.67. The molecule has 0 radical (unpaired) electrons. The van der Waals surface area contributed by atoms with Crippen LogP contribution in [0.25, 0.3) is 0 Å².